The minimum atomic E-state index is 0.457. The smallest absolute Gasteiger partial charge is 0.229 e. The van der Waals surface area contributed by atoms with Crippen LogP contribution in [0.1, 0.15) is 54.1 Å². The van der Waals surface area contributed by atoms with Gasteiger partial charge in [-0.25, -0.2) is 0 Å². The van der Waals surface area contributed by atoms with Gasteiger partial charge in [-0.05, 0) is 50.1 Å². The van der Waals surface area contributed by atoms with Crippen LogP contribution in [0.15, 0.2) is 22.0 Å². The first-order chi connectivity index (χ1) is 10.4. The lowest BCUT2D eigenvalue weighted by atomic mass is 9.97. The summed E-state index contributed by atoms with van der Waals surface area (Å²) in [5.41, 5.74) is 0. The maximum atomic E-state index is 5.42. The molecule has 0 spiro atoms. The molecule has 3 heterocycles. The molecule has 0 amide bonds. The third-order valence-corrected chi connectivity index (χ3v) is 5.45. The minimum absolute atomic E-state index is 0.457. The van der Waals surface area contributed by atoms with Crippen LogP contribution >= 0.6 is 11.3 Å². The van der Waals surface area contributed by atoms with Gasteiger partial charge in [-0.15, -0.1) is 11.3 Å². The fourth-order valence-electron chi connectivity index (χ4n) is 3.10. The van der Waals surface area contributed by atoms with Gasteiger partial charge in [-0.1, -0.05) is 11.2 Å². The number of likely N-dealkylation sites (tertiary alicyclic amines) is 1. The zero-order chi connectivity index (χ0) is 14.1. The number of rotatable bonds is 5. The summed E-state index contributed by atoms with van der Waals surface area (Å²) in [7, 11) is 0. The average Bonchev–Trinajstić information content (AvgIpc) is 3.05. The predicted octanol–water partition coefficient (Wildman–Crippen LogP) is 3.43. The molecule has 0 radical (unpaired) electrons. The van der Waals surface area contributed by atoms with Crippen molar-refractivity contribution < 1.29 is 4.52 Å². The van der Waals surface area contributed by atoms with Gasteiger partial charge in [0.2, 0.25) is 5.89 Å². The van der Waals surface area contributed by atoms with Gasteiger partial charge >= 0.3 is 0 Å². The van der Waals surface area contributed by atoms with E-state index in [2.05, 4.69) is 32.6 Å². The summed E-state index contributed by atoms with van der Waals surface area (Å²) in [6, 6.07) is 4.37. The Bertz CT molecular complexity index is 576. The Hall–Kier alpha value is -1.20. The van der Waals surface area contributed by atoms with Crippen LogP contribution < -0.4 is 0 Å². The quantitative estimate of drug-likeness (QED) is 0.848. The van der Waals surface area contributed by atoms with E-state index in [0.29, 0.717) is 11.8 Å². The number of thiophene rings is 1. The fraction of sp³-hybridized carbons (Fsp3) is 0.625. The van der Waals surface area contributed by atoms with Gasteiger partial charge in [0.1, 0.15) is 0 Å². The summed E-state index contributed by atoms with van der Waals surface area (Å²) >= 11 is 1.86. The highest BCUT2D eigenvalue weighted by Gasteiger charge is 2.32. The van der Waals surface area contributed by atoms with Crippen LogP contribution in [-0.2, 0) is 6.42 Å². The van der Waals surface area contributed by atoms with E-state index in [4.69, 9.17) is 4.52 Å². The molecule has 2 aromatic rings. The van der Waals surface area contributed by atoms with Crippen molar-refractivity contribution in [2.24, 2.45) is 0 Å². The Balaban J connectivity index is 1.35. The van der Waals surface area contributed by atoms with Gasteiger partial charge in [0.15, 0.2) is 5.82 Å². The molecule has 1 saturated heterocycles. The van der Waals surface area contributed by atoms with Crippen LogP contribution in [0.4, 0.5) is 0 Å². The molecule has 0 aromatic carbocycles. The number of hydrogen-bond acceptors (Lipinski definition) is 5. The maximum absolute atomic E-state index is 5.42. The highest BCUT2D eigenvalue weighted by atomic mass is 32.1. The molecule has 2 aliphatic rings. The van der Waals surface area contributed by atoms with Crippen LogP contribution in [0, 0.1) is 0 Å². The Morgan fingerprint density at radius 2 is 2.24 bits per heavy atom. The molecule has 21 heavy (non-hydrogen) atoms. The lowest BCUT2D eigenvalue weighted by Crippen LogP contribution is -2.36. The zero-order valence-corrected chi connectivity index (χ0v) is 13.0. The molecule has 0 unspecified atom stereocenters. The van der Waals surface area contributed by atoms with Crippen LogP contribution in [0.25, 0.3) is 0 Å². The number of nitrogens with zero attached hydrogens (tertiary/aromatic N) is 3. The summed E-state index contributed by atoms with van der Waals surface area (Å²) in [6.45, 7) is 3.43. The third kappa shape index (κ3) is 3.19. The summed E-state index contributed by atoms with van der Waals surface area (Å²) in [6.07, 6.45) is 6.03. The molecule has 2 fully saturated rings. The van der Waals surface area contributed by atoms with Crippen molar-refractivity contribution in [2.75, 3.05) is 19.6 Å². The second-order valence-corrected chi connectivity index (χ2v) is 7.27. The zero-order valence-electron chi connectivity index (χ0n) is 12.2. The molecule has 1 aliphatic heterocycles. The molecule has 112 valence electrons. The third-order valence-electron chi connectivity index (χ3n) is 4.51. The first-order valence-corrected chi connectivity index (χ1v) is 8.84. The number of piperidine rings is 1. The molecular formula is C16H21N3OS. The van der Waals surface area contributed by atoms with Gasteiger partial charge in [-0.3, -0.25) is 0 Å². The van der Waals surface area contributed by atoms with Crippen LogP contribution in [0.2, 0.25) is 0 Å². The second-order valence-electron chi connectivity index (χ2n) is 6.23. The van der Waals surface area contributed by atoms with E-state index in [1.807, 2.05) is 11.3 Å². The Kier molecular flexibility index (Phi) is 3.78. The van der Waals surface area contributed by atoms with Crippen molar-refractivity contribution in [3.8, 4) is 0 Å². The van der Waals surface area contributed by atoms with Gasteiger partial charge in [-0.2, -0.15) is 4.98 Å². The van der Waals surface area contributed by atoms with Crippen LogP contribution in [-0.4, -0.2) is 34.7 Å². The summed E-state index contributed by atoms with van der Waals surface area (Å²) in [5, 5.41) is 6.39. The normalized spacial score (nSPS) is 23.5. The van der Waals surface area contributed by atoms with Crippen LogP contribution in [0.3, 0.4) is 0 Å². The highest BCUT2D eigenvalue weighted by molar-refractivity contribution is 7.09. The molecule has 4 rings (SSSR count). The monoisotopic (exact) mass is 303 g/mol. The highest BCUT2D eigenvalue weighted by Crippen LogP contribution is 2.39. The van der Waals surface area contributed by atoms with Crippen molar-refractivity contribution >= 4 is 11.3 Å². The molecule has 1 atom stereocenters. The van der Waals surface area contributed by atoms with Crippen molar-refractivity contribution in [3.63, 3.8) is 0 Å². The molecule has 1 saturated carbocycles. The lowest BCUT2D eigenvalue weighted by molar-refractivity contribution is 0.204. The molecule has 2 aromatic heterocycles. The second kappa shape index (κ2) is 5.89. The van der Waals surface area contributed by atoms with Gasteiger partial charge < -0.3 is 9.42 Å². The van der Waals surface area contributed by atoms with E-state index in [-0.39, 0.29) is 0 Å². The molecular weight excluding hydrogens is 282 g/mol. The minimum Gasteiger partial charge on any atom is -0.339 e. The van der Waals surface area contributed by atoms with Crippen molar-refractivity contribution in [3.05, 3.63) is 34.1 Å². The van der Waals surface area contributed by atoms with E-state index < -0.39 is 0 Å². The van der Waals surface area contributed by atoms with E-state index in [1.54, 1.807) is 0 Å². The topological polar surface area (TPSA) is 42.2 Å². The van der Waals surface area contributed by atoms with Crippen molar-refractivity contribution in [1.82, 2.24) is 15.0 Å². The average molecular weight is 303 g/mol. The molecule has 0 bridgehead atoms. The van der Waals surface area contributed by atoms with Crippen LogP contribution in [0.5, 0.6) is 0 Å². The first kappa shape index (κ1) is 13.5. The first-order valence-electron chi connectivity index (χ1n) is 7.97. The molecule has 5 heteroatoms. The molecule has 4 nitrogen and oxygen atoms in total. The van der Waals surface area contributed by atoms with Crippen molar-refractivity contribution in [2.45, 2.75) is 43.9 Å². The Morgan fingerprint density at radius 3 is 3.05 bits per heavy atom. The fourth-order valence-corrected chi connectivity index (χ4v) is 3.80. The van der Waals surface area contributed by atoms with E-state index in [1.165, 1.54) is 37.1 Å². The largest absolute Gasteiger partial charge is 0.339 e. The summed E-state index contributed by atoms with van der Waals surface area (Å²) < 4.78 is 5.42. The Morgan fingerprint density at radius 1 is 1.29 bits per heavy atom. The number of hydrogen-bond donors (Lipinski definition) is 0. The van der Waals surface area contributed by atoms with Crippen molar-refractivity contribution in [1.29, 1.82) is 0 Å². The number of aromatic nitrogens is 2. The molecule has 0 N–H and O–H groups in total. The summed E-state index contributed by atoms with van der Waals surface area (Å²) in [5.74, 6) is 2.83. The van der Waals surface area contributed by atoms with Gasteiger partial charge in [0, 0.05) is 29.8 Å². The van der Waals surface area contributed by atoms with Gasteiger partial charge in [0.25, 0.3) is 0 Å². The predicted molar refractivity (Wildman–Crippen MR) is 82.7 cm³/mol. The summed E-state index contributed by atoms with van der Waals surface area (Å²) in [4.78, 5) is 8.67. The SMILES string of the molecule is c1csc(CCN2CCC[C@@H](c3noc(C4CC4)n3)C2)c1. The lowest BCUT2D eigenvalue weighted by Gasteiger charge is -2.31. The van der Waals surface area contributed by atoms with E-state index in [9.17, 15) is 0 Å². The van der Waals surface area contributed by atoms with Gasteiger partial charge in [0.05, 0.1) is 0 Å². The van der Waals surface area contributed by atoms with E-state index >= 15 is 0 Å². The molecule has 1 aliphatic carbocycles. The maximum Gasteiger partial charge on any atom is 0.229 e. The Labute approximate surface area is 129 Å². The standard InChI is InChI=1S/C16H21N3OS/c1-3-13(15-17-16(20-18-15)12-5-6-12)11-19(8-1)9-7-14-4-2-10-21-14/h2,4,10,12-13H,1,3,5-9,11H2/t13-/m1/s1. The van der Waals surface area contributed by atoms with E-state index in [0.717, 1.165) is 31.2 Å².